The SMILES string of the molecule is Clc1ccc2c(c1)CC1(CC1)NC2. The third-order valence-electron chi connectivity index (χ3n) is 3.20. The van der Waals surface area contributed by atoms with Crippen molar-refractivity contribution >= 4 is 11.6 Å². The number of nitrogens with one attached hydrogen (secondary N) is 1. The highest BCUT2D eigenvalue weighted by molar-refractivity contribution is 6.30. The van der Waals surface area contributed by atoms with Gasteiger partial charge in [-0.05, 0) is 42.5 Å². The molecule has 2 heteroatoms. The molecule has 68 valence electrons. The van der Waals surface area contributed by atoms with Crippen molar-refractivity contribution < 1.29 is 0 Å². The molecule has 0 unspecified atom stereocenters. The van der Waals surface area contributed by atoms with Crippen LogP contribution in [-0.2, 0) is 13.0 Å². The summed E-state index contributed by atoms with van der Waals surface area (Å²) in [5.74, 6) is 0. The lowest BCUT2D eigenvalue weighted by Gasteiger charge is -2.25. The minimum Gasteiger partial charge on any atom is -0.307 e. The van der Waals surface area contributed by atoms with Crippen molar-refractivity contribution in [3.8, 4) is 0 Å². The Kier molecular flexibility index (Phi) is 1.50. The average molecular weight is 194 g/mol. The number of hydrogen-bond acceptors (Lipinski definition) is 1. The Hall–Kier alpha value is -0.530. The molecular weight excluding hydrogens is 182 g/mol. The van der Waals surface area contributed by atoms with Gasteiger partial charge in [0.1, 0.15) is 0 Å². The van der Waals surface area contributed by atoms with E-state index in [1.54, 1.807) is 0 Å². The second kappa shape index (κ2) is 2.49. The highest BCUT2D eigenvalue weighted by atomic mass is 35.5. The van der Waals surface area contributed by atoms with Crippen LogP contribution >= 0.6 is 11.6 Å². The molecule has 1 N–H and O–H groups in total. The lowest BCUT2D eigenvalue weighted by Crippen LogP contribution is -2.37. The maximum Gasteiger partial charge on any atom is 0.0408 e. The van der Waals surface area contributed by atoms with Gasteiger partial charge in [-0.25, -0.2) is 0 Å². The van der Waals surface area contributed by atoms with E-state index in [2.05, 4.69) is 17.4 Å². The van der Waals surface area contributed by atoms with Gasteiger partial charge >= 0.3 is 0 Å². The molecule has 2 aliphatic rings. The first-order valence-corrected chi connectivity index (χ1v) is 5.18. The summed E-state index contributed by atoms with van der Waals surface area (Å²) in [6, 6.07) is 6.24. The van der Waals surface area contributed by atoms with E-state index in [0.717, 1.165) is 11.6 Å². The summed E-state index contributed by atoms with van der Waals surface area (Å²) in [6.07, 6.45) is 3.83. The second-order valence-electron chi connectivity index (χ2n) is 4.22. The summed E-state index contributed by atoms with van der Waals surface area (Å²) in [6.45, 7) is 1.02. The fraction of sp³-hybridized carbons (Fsp3) is 0.455. The van der Waals surface area contributed by atoms with Gasteiger partial charge in [0.2, 0.25) is 0 Å². The van der Waals surface area contributed by atoms with Gasteiger partial charge in [0.25, 0.3) is 0 Å². The maximum absolute atomic E-state index is 5.97. The van der Waals surface area contributed by atoms with E-state index in [9.17, 15) is 0 Å². The Morgan fingerprint density at radius 3 is 2.85 bits per heavy atom. The summed E-state index contributed by atoms with van der Waals surface area (Å²) in [5.41, 5.74) is 3.32. The van der Waals surface area contributed by atoms with Crippen LogP contribution in [0.4, 0.5) is 0 Å². The zero-order chi connectivity index (χ0) is 8.89. The first kappa shape index (κ1) is 7.84. The minimum absolute atomic E-state index is 0.456. The monoisotopic (exact) mass is 193 g/mol. The molecule has 1 aromatic rings. The first-order chi connectivity index (χ1) is 6.27. The predicted molar refractivity (Wildman–Crippen MR) is 54.0 cm³/mol. The molecule has 0 bridgehead atoms. The topological polar surface area (TPSA) is 12.0 Å². The van der Waals surface area contributed by atoms with E-state index in [1.807, 2.05) is 6.07 Å². The Bertz CT molecular complexity index is 355. The molecule has 0 saturated heterocycles. The summed E-state index contributed by atoms with van der Waals surface area (Å²) < 4.78 is 0. The van der Waals surface area contributed by atoms with Gasteiger partial charge in [0.15, 0.2) is 0 Å². The van der Waals surface area contributed by atoms with Crippen LogP contribution in [0.1, 0.15) is 24.0 Å². The normalized spacial score (nSPS) is 22.8. The van der Waals surface area contributed by atoms with E-state index in [0.29, 0.717) is 5.54 Å². The van der Waals surface area contributed by atoms with Gasteiger partial charge < -0.3 is 5.32 Å². The van der Waals surface area contributed by atoms with Crippen molar-refractivity contribution in [2.45, 2.75) is 31.3 Å². The number of halogens is 1. The van der Waals surface area contributed by atoms with Crippen molar-refractivity contribution in [3.63, 3.8) is 0 Å². The number of hydrogen-bond donors (Lipinski definition) is 1. The lowest BCUT2D eigenvalue weighted by atomic mass is 9.94. The van der Waals surface area contributed by atoms with Crippen LogP contribution in [-0.4, -0.2) is 5.54 Å². The third kappa shape index (κ3) is 1.27. The largest absolute Gasteiger partial charge is 0.307 e. The van der Waals surface area contributed by atoms with Crippen LogP contribution < -0.4 is 5.32 Å². The van der Waals surface area contributed by atoms with E-state index >= 15 is 0 Å². The maximum atomic E-state index is 5.97. The Morgan fingerprint density at radius 1 is 1.23 bits per heavy atom. The molecule has 1 fully saturated rings. The summed E-state index contributed by atoms with van der Waals surface area (Å²) in [5, 5.41) is 4.47. The van der Waals surface area contributed by atoms with Gasteiger partial charge in [-0.3, -0.25) is 0 Å². The molecule has 1 aromatic carbocycles. The smallest absolute Gasteiger partial charge is 0.0408 e. The van der Waals surface area contributed by atoms with Gasteiger partial charge in [-0.1, -0.05) is 17.7 Å². The molecule has 0 amide bonds. The fourth-order valence-corrected chi connectivity index (χ4v) is 2.34. The number of rotatable bonds is 0. The van der Waals surface area contributed by atoms with Crippen LogP contribution in [0.25, 0.3) is 0 Å². The Balaban J connectivity index is 2.02. The molecule has 1 spiro atoms. The number of fused-ring (bicyclic) bond motifs is 1. The van der Waals surface area contributed by atoms with Crippen LogP contribution in [0.15, 0.2) is 18.2 Å². The predicted octanol–water partition coefficient (Wildman–Crippen LogP) is 2.52. The Labute approximate surface area is 83.1 Å². The standard InChI is InChI=1S/C11H12ClN/c12-10-2-1-8-7-13-11(3-4-11)6-9(8)5-10/h1-2,5,13H,3-4,6-7H2. The lowest BCUT2D eigenvalue weighted by molar-refractivity contribution is 0.464. The summed E-state index contributed by atoms with van der Waals surface area (Å²) >= 11 is 5.97. The third-order valence-corrected chi connectivity index (χ3v) is 3.44. The molecule has 0 radical (unpaired) electrons. The van der Waals surface area contributed by atoms with E-state index in [1.165, 1.54) is 30.4 Å². The highest BCUT2D eigenvalue weighted by Crippen LogP contribution is 2.42. The molecule has 1 aliphatic heterocycles. The second-order valence-corrected chi connectivity index (χ2v) is 4.66. The summed E-state index contributed by atoms with van der Waals surface area (Å²) in [7, 11) is 0. The van der Waals surface area contributed by atoms with Crippen molar-refractivity contribution in [2.75, 3.05) is 0 Å². The molecule has 1 heterocycles. The molecule has 1 nitrogen and oxygen atoms in total. The van der Waals surface area contributed by atoms with Gasteiger partial charge in [-0.15, -0.1) is 0 Å². The molecule has 0 atom stereocenters. The average Bonchev–Trinajstić information content (AvgIpc) is 2.84. The van der Waals surface area contributed by atoms with E-state index < -0.39 is 0 Å². The van der Waals surface area contributed by atoms with Gasteiger partial charge in [-0.2, -0.15) is 0 Å². The van der Waals surface area contributed by atoms with Crippen LogP contribution in [0.5, 0.6) is 0 Å². The highest BCUT2D eigenvalue weighted by Gasteiger charge is 2.44. The molecular formula is C11H12ClN. The van der Waals surface area contributed by atoms with Gasteiger partial charge in [0, 0.05) is 17.1 Å². The van der Waals surface area contributed by atoms with Crippen molar-refractivity contribution in [2.24, 2.45) is 0 Å². The van der Waals surface area contributed by atoms with Crippen LogP contribution in [0.3, 0.4) is 0 Å². The first-order valence-electron chi connectivity index (χ1n) is 4.80. The molecule has 13 heavy (non-hydrogen) atoms. The van der Waals surface area contributed by atoms with Crippen LogP contribution in [0, 0.1) is 0 Å². The van der Waals surface area contributed by atoms with E-state index in [4.69, 9.17) is 11.6 Å². The molecule has 0 aromatic heterocycles. The Morgan fingerprint density at radius 2 is 2.08 bits per heavy atom. The zero-order valence-electron chi connectivity index (χ0n) is 7.44. The summed E-state index contributed by atoms with van der Waals surface area (Å²) in [4.78, 5) is 0. The molecule has 1 aliphatic carbocycles. The zero-order valence-corrected chi connectivity index (χ0v) is 8.19. The van der Waals surface area contributed by atoms with Crippen molar-refractivity contribution in [3.05, 3.63) is 34.3 Å². The van der Waals surface area contributed by atoms with Crippen molar-refractivity contribution in [1.29, 1.82) is 0 Å². The van der Waals surface area contributed by atoms with Gasteiger partial charge in [0.05, 0.1) is 0 Å². The van der Waals surface area contributed by atoms with Crippen LogP contribution in [0.2, 0.25) is 5.02 Å². The van der Waals surface area contributed by atoms with E-state index in [-0.39, 0.29) is 0 Å². The molecule has 1 saturated carbocycles. The number of benzene rings is 1. The quantitative estimate of drug-likeness (QED) is 0.668. The molecule has 3 rings (SSSR count). The van der Waals surface area contributed by atoms with Crippen molar-refractivity contribution in [1.82, 2.24) is 5.32 Å². The fourth-order valence-electron chi connectivity index (χ4n) is 2.15. The minimum atomic E-state index is 0.456.